The number of hydrogen-bond donors (Lipinski definition) is 0. The van der Waals surface area contributed by atoms with Gasteiger partial charge < -0.3 is 9.64 Å². The van der Waals surface area contributed by atoms with E-state index in [2.05, 4.69) is 6.92 Å². The number of ether oxygens (including phenoxy) is 1. The van der Waals surface area contributed by atoms with Crippen LogP contribution in [-0.4, -0.2) is 37.0 Å². The van der Waals surface area contributed by atoms with Crippen LogP contribution in [0.5, 0.6) is 0 Å². The van der Waals surface area contributed by atoms with E-state index in [-0.39, 0.29) is 23.7 Å². The minimum Gasteiger partial charge on any atom is -0.469 e. The van der Waals surface area contributed by atoms with Crippen molar-refractivity contribution in [1.29, 1.82) is 0 Å². The van der Waals surface area contributed by atoms with Gasteiger partial charge in [0.15, 0.2) is 0 Å². The van der Waals surface area contributed by atoms with Crippen LogP contribution in [0.1, 0.15) is 65.7 Å². The third kappa shape index (κ3) is 5.62. The number of esters is 1. The Morgan fingerprint density at radius 1 is 1.18 bits per heavy atom. The van der Waals surface area contributed by atoms with Gasteiger partial charge in [0.25, 0.3) is 0 Å². The van der Waals surface area contributed by atoms with Crippen LogP contribution in [0.25, 0.3) is 0 Å². The van der Waals surface area contributed by atoms with Crippen molar-refractivity contribution in [3.8, 4) is 0 Å². The summed E-state index contributed by atoms with van der Waals surface area (Å²) in [6.07, 6.45) is 8.26. The third-order valence-electron chi connectivity index (χ3n) is 4.95. The lowest BCUT2D eigenvalue weighted by Crippen LogP contribution is -2.41. The van der Waals surface area contributed by atoms with Gasteiger partial charge in [0.05, 0.1) is 13.0 Å². The van der Waals surface area contributed by atoms with Gasteiger partial charge in [0, 0.05) is 19.0 Å². The first-order valence-electron chi connectivity index (χ1n) is 8.90. The number of methoxy groups -OCH3 is 1. The Bertz CT molecular complexity index is 348. The summed E-state index contributed by atoms with van der Waals surface area (Å²) in [7, 11) is 1.40. The van der Waals surface area contributed by atoms with Crippen LogP contribution >= 0.6 is 0 Å². The summed E-state index contributed by atoms with van der Waals surface area (Å²) >= 11 is 0. The summed E-state index contributed by atoms with van der Waals surface area (Å²) < 4.78 is 4.76. The summed E-state index contributed by atoms with van der Waals surface area (Å²) in [6, 6.07) is 0. The van der Waals surface area contributed by atoms with Crippen molar-refractivity contribution in [3.63, 3.8) is 0 Å². The van der Waals surface area contributed by atoms with E-state index in [1.807, 2.05) is 18.7 Å². The topological polar surface area (TPSA) is 46.6 Å². The number of amides is 1. The lowest BCUT2D eigenvalue weighted by atomic mass is 9.79. The van der Waals surface area contributed by atoms with E-state index in [1.54, 1.807) is 0 Å². The molecule has 4 heteroatoms. The van der Waals surface area contributed by atoms with Gasteiger partial charge in [-0.15, -0.1) is 0 Å². The van der Waals surface area contributed by atoms with Crippen LogP contribution in [-0.2, 0) is 14.3 Å². The molecule has 1 aliphatic rings. The maximum Gasteiger partial charge on any atom is 0.310 e. The van der Waals surface area contributed by atoms with Gasteiger partial charge in [0.1, 0.15) is 0 Å². The molecule has 1 fully saturated rings. The molecule has 1 saturated carbocycles. The molecule has 0 aromatic rings. The van der Waals surface area contributed by atoms with E-state index in [1.165, 1.54) is 39.2 Å². The Labute approximate surface area is 135 Å². The maximum atomic E-state index is 12.7. The van der Waals surface area contributed by atoms with E-state index < -0.39 is 0 Å². The van der Waals surface area contributed by atoms with Crippen molar-refractivity contribution in [1.82, 2.24) is 4.90 Å². The molecule has 0 aliphatic heterocycles. The first-order valence-corrected chi connectivity index (χ1v) is 8.90. The summed E-state index contributed by atoms with van der Waals surface area (Å²) in [4.78, 5) is 26.0. The molecule has 128 valence electrons. The van der Waals surface area contributed by atoms with Gasteiger partial charge in [-0.25, -0.2) is 0 Å². The fourth-order valence-corrected chi connectivity index (χ4v) is 3.43. The van der Waals surface area contributed by atoms with Gasteiger partial charge in [0.2, 0.25) is 5.91 Å². The summed E-state index contributed by atoms with van der Waals surface area (Å²) in [5.74, 6) is 0.701. The number of unbranched alkanes of at least 4 members (excludes halogenated alkanes) is 1. The summed E-state index contributed by atoms with van der Waals surface area (Å²) in [5.41, 5.74) is 0. The summed E-state index contributed by atoms with van der Waals surface area (Å²) in [5, 5.41) is 0. The maximum absolute atomic E-state index is 12.7. The number of carbonyl (C=O) groups is 2. The van der Waals surface area contributed by atoms with E-state index in [4.69, 9.17) is 4.74 Å². The van der Waals surface area contributed by atoms with Crippen LogP contribution in [0.4, 0.5) is 0 Å². The Morgan fingerprint density at radius 2 is 1.82 bits per heavy atom. The highest BCUT2D eigenvalue weighted by molar-refractivity contribution is 5.80. The molecule has 0 saturated heterocycles. The zero-order valence-corrected chi connectivity index (χ0v) is 14.8. The number of nitrogens with zero attached hydrogens (tertiary/aromatic N) is 1. The SMILES string of the molecule is CCCCC1CCC(C(=O)N(CC)CC(C)C(=O)OC)CC1. The molecule has 0 N–H and O–H groups in total. The van der Waals surface area contributed by atoms with Gasteiger partial charge in [-0.3, -0.25) is 9.59 Å². The lowest BCUT2D eigenvalue weighted by Gasteiger charge is -2.32. The Hall–Kier alpha value is -1.06. The second-order valence-corrected chi connectivity index (χ2v) is 6.66. The number of rotatable bonds is 8. The normalized spacial score (nSPS) is 22.9. The predicted molar refractivity (Wildman–Crippen MR) is 88.4 cm³/mol. The monoisotopic (exact) mass is 311 g/mol. The van der Waals surface area contributed by atoms with Crippen molar-refractivity contribution in [3.05, 3.63) is 0 Å². The molecule has 0 radical (unpaired) electrons. The molecule has 0 bridgehead atoms. The van der Waals surface area contributed by atoms with Crippen LogP contribution in [0.3, 0.4) is 0 Å². The molecular weight excluding hydrogens is 278 g/mol. The molecule has 1 aliphatic carbocycles. The fourth-order valence-electron chi connectivity index (χ4n) is 3.43. The second kappa shape index (κ2) is 9.86. The van der Waals surface area contributed by atoms with E-state index in [0.717, 1.165) is 18.8 Å². The molecule has 1 rings (SSSR count). The van der Waals surface area contributed by atoms with Gasteiger partial charge >= 0.3 is 5.97 Å². The molecule has 1 amide bonds. The Kier molecular flexibility index (Phi) is 8.51. The molecule has 1 atom stereocenters. The van der Waals surface area contributed by atoms with E-state index in [0.29, 0.717) is 13.1 Å². The number of hydrogen-bond acceptors (Lipinski definition) is 3. The molecule has 4 nitrogen and oxygen atoms in total. The Balaban J connectivity index is 2.46. The third-order valence-corrected chi connectivity index (χ3v) is 4.95. The number of carbonyl (C=O) groups excluding carboxylic acids is 2. The van der Waals surface area contributed by atoms with Gasteiger partial charge in [-0.05, 0) is 38.5 Å². The molecule has 0 spiro atoms. The van der Waals surface area contributed by atoms with Crippen LogP contribution < -0.4 is 0 Å². The van der Waals surface area contributed by atoms with Gasteiger partial charge in [-0.1, -0.05) is 33.1 Å². The van der Waals surface area contributed by atoms with Crippen molar-refractivity contribution in [2.24, 2.45) is 17.8 Å². The smallest absolute Gasteiger partial charge is 0.310 e. The first kappa shape index (κ1) is 19.0. The van der Waals surface area contributed by atoms with Crippen LogP contribution in [0.15, 0.2) is 0 Å². The van der Waals surface area contributed by atoms with Crippen molar-refractivity contribution in [2.45, 2.75) is 65.7 Å². The molecule has 1 unspecified atom stereocenters. The van der Waals surface area contributed by atoms with Crippen molar-refractivity contribution < 1.29 is 14.3 Å². The fraction of sp³-hybridized carbons (Fsp3) is 0.889. The average Bonchev–Trinajstić information content (AvgIpc) is 2.56. The first-order chi connectivity index (χ1) is 10.5. The molecule has 22 heavy (non-hydrogen) atoms. The zero-order chi connectivity index (χ0) is 16.5. The predicted octanol–water partition coefficient (Wildman–Crippen LogP) is 3.64. The van der Waals surface area contributed by atoms with E-state index >= 15 is 0 Å². The van der Waals surface area contributed by atoms with Crippen molar-refractivity contribution in [2.75, 3.05) is 20.2 Å². The summed E-state index contributed by atoms with van der Waals surface area (Å²) in [6.45, 7) is 7.17. The largest absolute Gasteiger partial charge is 0.469 e. The molecule has 0 aromatic carbocycles. The standard InChI is InChI=1S/C18H33NO3/c1-5-7-8-15-9-11-16(12-10-15)17(20)19(6-2)13-14(3)18(21)22-4/h14-16H,5-13H2,1-4H3. The molecule has 0 heterocycles. The Morgan fingerprint density at radius 3 is 2.32 bits per heavy atom. The highest BCUT2D eigenvalue weighted by Crippen LogP contribution is 2.33. The highest BCUT2D eigenvalue weighted by Gasteiger charge is 2.30. The highest BCUT2D eigenvalue weighted by atomic mass is 16.5. The van der Waals surface area contributed by atoms with E-state index in [9.17, 15) is 9.59 Å². The van der Waals surface area contributed by atoms with Crippen LogP contribution in [0.2, 0.25) is 0 Å². The lowest BCUT2D eigenvalue weighted by molar-refractivity contribution is -0.147. The minimum atomic E-state index is -0.255. The molecule has 0 aromatic heterocycles. The minimum absolute atomic E-state index is 0.155. The van der Waals surface area contributed by atoms with Crippen LogP contribution in [0, 0.1) is 17.8 Å². The quantitative estimate of drug-likeness (QED) is 0.643. The zero-order valence-electron chi connectivity index (χ0n) is 14.8. The van der Waals surface area contributed by atoms with Gasteiger partial charge in [-0.2, -0.15) is 0 Å². The second-order valence-electron chi connectivity index (χ2n) is 6.66. The van der Waals surface area contributed by atoms with Crippen molar-refractivity contribution >= 4 is 11.9 Å². The molecular formula is C18H33NO3. The average molecular weight is 311 g/mol.